The van der Waals surface area contributed by atoms with Gasteiger partial charge in [-0.15, -0.1) is 11.3 Å². The van der Waals surface area contributed by atoms with Gasteiger partial charge in [0.15, 0.2) is 0 Å². The fraction of sp³-hybridized carbons (Fsp3) is 0.529. The van der Waals surface area contributed by atoms with Crippen molar-refractivity contribution in [1.29, 1.82) is 0 Å². The van der Waals surface area contributed by atoms with Crippen molar-refractivity contribution >= 4 is 45.3 Å². The molecular weight excluding hydrogens is 356 g/mol. The van der Waals surface area contributed by atoms with Crippen LogP contribution in [0.3, 0.4) is 0 Å². The number of imide groups is 1. The van der Waals surface area contributed by atoms with Crippen LogP contribution in [0, 0.1) is 20.8 Å². The molecule has 0 fully saturated rings. The van der Waals surface area contributed by atoms with Crippen LogP contribution in [0.1, 0.15) is 44.0 Å². The number of aromatic nitrogens is 2. The van der Waals surface area contributed by atoms with Crippen molar-refractivity contribution in [3.05, 3.63) is 16.3 Å². The first kappa shape index (κ1) is 19.7. The van der Waals surface area contributed by atoms with E-state index < -0.39 is 16.8 Å². The Hall–Kier alpha value is -1.67. The Morgan fingerprint density at radius 2 is 1.80 bits per heavy atom. The number of carbonyl (C=O) groups is 2. The largest absolute Gasteiger partial charge is 0.333 e. The molecule has 0 bridgehead atoms. The molecule has 2 rings (SSSR count). The molecular formula is C17H24N4O2S2. The Morgan fingerprint density at radius 1 is 1.16 bits per heavy atom. The Bertz CT molecular complexity index is 824. The van der Waals surface area contributed by atoms with E-state index in [1.54, 1.807) is 18.3 Å². The molecule has 2 heterocycles. The van der Waals surface area contributed by atoms with Crippen molar-refractivity contribution in [2.24, 2.45) is 0 Å². The number of amides is 3. The van der Waals surface area contributed by atoms with Gasteiger partial charge in [-0.1, -0.05) is 11.8 Å². The summed E-state index contributed by atoms with van der Waals surface area (Å²) in [5.41, 5.74) is 0.739. The lowest BCUT2D eigenvalue weighted by molar-refractivity contribution is -0.119. The normalized spacial score (nSPS) is 12.9. The molecule has 8 heteroatoms. The van der Waals surface area contributed by atoms with Gasteiger partial charge in [0, 0.05) is 15.8 Å². The molecule has 2 aromatic heterocycles. The summed E-state index contributed by atoms with van der Waals surface area (Å²) in [4.78, 5) is 35.3. The highest BCUT2D eigenvalue weighted by Gasteiger charge is 2.23. The van der Waals surface area contributed by atoms with E-state index >= 15 is 0 Å². The van der Waals surface area contributed by atoms with Gasteiger partial charge in [-0.2, -0.15) is 0 Å². The second-order valence-corrected chi connectivity index (χ2v) is 9.53. The van der Waals surface area contributed by atoms with Crippen molar-refractivity contribution in [2.75, 3.05) is 0 Å². The monoisotopic (exact) mass is 380 g/mol. The minimum Gasteiger partial charge on any atom is -0.333 e. The summed E-state index contributed by atoms with van der Waals surface area (Å²) < 4.78 is 0. The summed E-state index contributed by atoms with van der Waals surface area (Å²) in [6.07, 6.45) is 0. The molecule has 0 radical (unpaired) electrons. The van der Waals surface area contributed by atoms with Crippen LogP contribution in [-0.2, 0) is 4.79 Å². The van der Waals surface area contributed by atoms with E-state index in [2.05, 4.69) is 27.5 Å². The maximum atomic E-state index is 12.3. The number of thiophene rings is 1. The van der Waals surface area contributed by atoms with Gasteiger partial charge in [0.2, 0.25) is 5.91 Å². The molecule has 2 N–H and O–H groups in total. The highest BCUT2D eigenvalue weighted by atomic mass is 32.2. The van der Waals surface area contributed by atoms with Crippen molar-refractivity contribution in [3.8, 4) is 0 Å². The van der Waals surface area contributed by atoms with Crippen LogP contribution in [-0.4, -0.2) is 32.7 Å². The second kappa shape index (κ2) is 7.29. The molecule has 3 amide bonds. The SMILES string of the molecule is Cc1nc(SC(C)C(=O)NC(=O)NC(C)(C)C)c2c(C)c(C)sc2n1. The molecule has 0 aliphatic heterocycles. The summed E-state index contributed by atoms with van der Waals surface area (Å²) in [6, 6.07) is -0.489. The van der Waals surface area contributed by atoms with Crippen molar-refractivity contribution < 1.29 is 9.59 Å². The van der Waals surface area contributed by atoms with Crippen LogP contribution < -0.4 is 10.6 Å². The van der Waals surface area contributed by atoms with Gasteiger partial charge in [-0.25, -0.2) is 14.8 Å². The van der Waals surface area contributed by atoms with Crippen LogP contribution in [0.25, 0.3) is 10.2 Å². The fourth-order valence-corrected chi connectivity index (χ4v) is 4.40. The Kier molecular flexibility index (Phi) is 5.73. The van der Waals surface area contributed by atoms with E-state index in [-0.39, 0.29) is 5.91 Å². The molecule has 0 aliphatic rings. The number of thioether (sulfide) groups is 1. The van der Waals surface area contributed by atoms with E-state index in [0.717, 1.165) is 20.8 Å². The molecule has 136 valence electrons. The molecule has 1 unspecified atom stereocenters. The lowest BCUT2D eigenvalue weighted by Crippen LogP contribution is -2.49. The Morgan fingerprint density at radius 3 is 2.40 bits per heavy atom. The molecule has 0 spiro atoms. The quantitative estimate of drug-likeness (QED) is 0.626. The van der Waals surface area contributed by atoms with Gasteiger partial charge in [0.25, 0.3) is 0 Å². The van der Waals surface area contributed by atoms with Gasteiger partial charge in [-0.05, 0) is 54.0 Å². The van der Waals surface area contributed by atoms with Crippen LogP contribution in [0.5, 0.6) is 0 Å². The number of urea groups is 1. The number of rotatable bonds is 3. The molecule has 0 saturated carbocycles. The lowest BCUT2D eigenvalue weighted by Gasteiger charge is -2.21. The Labute approximate surface area is 156 Å². The fourth-order valence-electron chi connectivity index (χ4n) is 2.21. The number of fused-ring (bicyclic) bond motifs is 1. The van der Waals surface area contributed by atoms with Crippen LogP contribution >= 0.6 is 23.1 Å². The van der Waals surface area contributed by atoms with Crippen LogP contribution in [0.2, 0.25) is 0 Å². The van der Waals surface area contributed by atoms with Crippen molar-refractivity contribution in [1.82, 2.24) is 20.6 Å². The predicted molar refractivity (Wildman–Crippen MR) is 103 cm³/mol. The van der Waals surface area contributed by atoms with E-state index in [4.69, 9.17) is 0 Å². The van der Waals surface area contributed by atoms with Gasteiger partial charge >= 0.3 is 6.03 Å². The third kappa shape index (κ3) is 4.92. The average Bonchev–Trinajstić information content (AvgIpc) is 2.71. The van der Waals surface area contributed by atoms with E-state index in [0.29, 0.717) is 5.82 Å². The first-order chi connectivity index (χ1) is 11.5. The minimum atomic E-state index is -0.489. The van der Waals surface area contributed by atoms with Crippen LogP contribution in [0.15, 0.2) is 5.03 Å². The standard InChI is InChI=1S/C17H24N4O2S2/c1-8-9(2)24-14-12(8)15(19-11(4)18-14)25-10(3)13(22)20-16(23)21-17(5,6)7/h10H,1-7H3,(H2,20,21,22,23). The first-order valence-corrected chi connectivity index (χ1v) is 9.71. The van der Waals surface area contributed by atoms with Gasteiger partial charge < -0.3 is 5.32 Å². The molecule has 0 aromatic carbocycles. The molecule has 0 aliphatic carbocycles. The summed E-state index contributed by atoms with van der Waals surface area (Å²) in [5.74, 6) is 0.329. The number of nitrogens with zero attached hydrogens (tertiary/aromatic N) is 2. The van der Waals surface area contributed by atoms with Crippen molar-refractivity contribution in [3.63, 3.8) is 0 Å². The first-order valence-electron chi connectivity index (χ1n) is 8.02. The molecule has 1 atom stereocenters. The van der Waals surface area contributed by atoms with Crippen molar-refractivity contribution in [2.45, 2.75) is 64.3 Å². The number of hydrogen-bond donors (Lipinski definition) is 2. The molecule has 0 saturated heterocycles. The maximum absolute atomic E-state index is 12.3. The summed E-state index contributed by atoms with van der Waals surface area (Å²) in [5, 5.41) is 6.43. The minimum absolute atomic E-state index is 0.347. The topological polar surface area (TPSA) is 84.0 Å². The zero-order valence-corrected chi connectivity index (χ0v) is 17.2. The maximum Gasteiger partial charge on any atom is 0.321 e. The average molecular weight is 381 g/mol. The lowest BCUT2D eigenvalue weighted by atomic mass is 10.1. The van der Waals surface area contributed by atoms with E-state index in [9.17, 15) is 9.59 Å². The van der Waals surface area contributed by atoms with E-state index in [1.807, 2.05) is 34.6 Å². The molecule has 6 nitrogen and oxygen atoms in total. The zero-order chi connectivity index (χ0) is 18.9. The number of hydrogen-bond acceptors (Lipinski definition) is 6. The number of carbonyl (C=O) groups excluding carboxylic acids is 2. The van der Waals surface area contributed by atoms with Gasteiger partial charge in [0.05, 0.1) is 5.25 Å². The second-order valence-electron chi connectivity index (χ2n) is 6.99. The van der Waals surface area contributed by atoms with Gasteiger partial charge in [-0.3, -0.25) is 10.1 Å². The predicted octanol–water partition coefficient (Wildman–Crippen LogP) is 3.72. The molecule has 2 aromatic rings. The highest BCUT2D eigenvalue weighted by molar-refractivity contribution is 8.00. The third-order valence-corrected chi connectivity index (χ3v) is 5.68. The zero-order valence-electron chi connectivity index (χ0n) is 15.6. The highest BCUT2D eigenvalue weighted by Crippen LogP contribution is 2.36. The third-order valence-electron chi connectivity index (χ3n) is 3.49. The van der Waals surface area contributed by atoms with Crippen LogP contribution in [0.4, 0.5) is 4.79 Å². The summed E-state index contributed by atoms with van der Waals surface area (Å²) in [6.45, 7) is 13.3. The van der Waals surface area contributed by atoms with Gasteiger partial charge in [0.1, 0.15) is 15.7 Å². The smallest absolute Gasteiger partial charge is 0.321 e. The molecule has 25 heavy (non-hydrogen) atoms. The Balaban J connectivity index is 2.17. The number of aryl methyl sites for hydroxylation is 3. The van der Waals surface area contributed by atoms with E-state index in [1.165, 1.54) is 16.6 Å². The number of nitrogens with one attached hydrogen (secondary N) is 2. The summed E-state index contributed by atoms with van der Waals surface area (Å²) >= 11 is 2.98. The summed E-state index contributed by atoms with van der Waals surface area (Å²) in [7, 11) is 0.